The van der Waals surface area contributed by atoms with E-state index in [0.29, 0.717) is 21.6 Å². The molecule has 1 atom stereocenters. The van der Waals surface area contributed by atoms with Crippen LogP contribution in [0.15, 0.2) is 48.5 Å². The van der Waals surface area contributed by atoms with Gasteiger partial charge in [-0.25, -0.2) is 0 Å². The van der Waals surface area contributed by atoms with Crippen LogP contribution in [0.1, 0.15) is 12.1 Å². The number of anilines is 1. The van der Waals surface area contributed by atoms with Gasteiger partial charge in [0.25, 0.3) is 11.0 Å². The number of nitrogens with zero attached hydrogens (tertiary/aromatic N) is 4. The van der Waals surface area contributed by atoms with Gasteiger partial charge in [-0.1, -0.05) is 18.2 Å². The molecule has 1 fully saturated rings. The first-order valence-electron chi connectivity index (χ1n) is 8.39. The topological polar surface area (TPSA) is 107 Å². The molecule has 1 aliphatic rings. The summed E-state index contributed by atoms with van der Waals surface area (Å²) in [6.07, 6.45) is 0.882. The van der Waals surface area contributed by atoms with E-state index in [1.54, 1.807) is 36.4 Å². The fourth-order valence-electron chi connectivity index (χ4n) is 3.45. The van der Waals surface area contributed by atoms with Crippen molar-refractivity contribution >= 4 is 16.7 Å². The van der Waals surface area contributed by atoms with Crippen molar-refractivity contribution in [2.75, 3.05) is 18.0 Å². The van der Waals surface area contributed by atoms with Gasteiger partial charge in [-0.2, -0.15) is 9.99 Å². The summed E-state index contributed by atoms with van der Waals surface area (Å²) in [6, 6.07) is 15.8. The number of hydrogen-bond donors (Lipinski definition) is 1. The fraction of sp³-hybridized carbons (Fsp3) is 0.211. The summed E-state index contributed by atoms with van der Waals surface area (Å²) in [6.45, 7) is 1.51. The van der Waals surface area contributed by atoms with Crippen LogP contribution in [0.25, 0.3) is 22.3 Å². The van der Waals surface area contributed by atoms with Crippen molar-refractivity contribution in [2.24, 2.45) is 5.73 Å². The van der Waals surface area contributed by atoms with E-state index in [2.05, 4.69) is 4.90 Å². The quantitative estimate of drug-likeness (QED) is 0.553. The molecule has 130 valence electrons. The second-order valence-electron chi connectivity index (χ2n) is 6.43. The maximum absolute atomic E-state index is 12.9. The molecule has 0 spiro atoms. The van der Waals surface area contributed by atoms with E-state index in [0.717, 1.165) is 18.7 Å². The van der Waals surface area contributed by atoms with Crippen molar-refractivity contribution < 1.29 is 9.46 Å². The van der Waals surface area contributed by atoms with Crippen LogP contribution < -0.4 is 20.1 Å². The molecule has 0 unspecified atom stereocenters. The molecule has 7 heteroatoms. The van der Waals surface area contributed by atoms with Crippen molar-refractivity contribution in [3.05, 3.63) is 64.6 Å². The number of nitrogens with two attached hydrogens (primary N) is 1. The molecule has 7 nitrogen and oxygen atoms in total. The van der Waals surface area contributed by atoms with Gasteiger partial charge in [0.1, 0.15) is 0 Å². The lowest BCUT2D eigenvalue weighted by Crippen LogP contribution is -2.43. The minimum atomic E-state index is -0.214. The van der Waals surface area contributed by atoms with Crippen molar-refractivity contribution in [3.8, 4) is 17.3 Å². The SMILES string of the molecule is N#Cc1c(-c2ccccc2)[n+]([O-])c2ccc(N3CC[C@@H](N)C3)cc2[n+]1[O-]. The highest BCUT2D eigenvalue weighted by Crippen LogP contribution is 2.25. The second kappa shape index (κ2) is 6.17. The maximum Gasteiger partial charge on any atom is 0.369 e. The van der Waals surface area contributed by atoms with Gasteiger partial charge in [-0.3, -0.25) is 0 Å². The van der Waals surface area contributed by atoms with Gasteiger partial charge in [0.2, 0.25) is 0 Å². The van der Waals surface area contributed by atoms with E-state index in [-0.39, 0.29) is 28.5 Å². The maximum atomic E-state index is 12.9. The molecule has 1 saturated heterocycles. The molecule has 2 N–H and O–H groups in total. The minimum absolute atomic E-state index is 0.0616. The largest absolute Gasteiger partial charge is 0.617 e. The molecule has 0 bridgehead atoms. The highest BCUT2D eigenvalue weighted by atomic mass is 16.5. The predicted molar refractivity (Wildman–Crippen MR) is 96.8 cm³/mol. The molecule has 2 aromatic carbocycles. The van der Waals surface area contributed by atoms with E-state index in [4.69, 9.17) is 5.73 Å². The molecule has 1 aromatic heterocycles. The van der Waals surface area contributed by atoms with Crippen molar-refractivity contribution in [1.29, 1.82) is 5.26 Å². The predicted octanol–water partition coefficient (Wildman–Crippen LogP) is 1.18. The molecule has 1 aliphatic heterocycles. The average Bonchev–Trinajstić information content (AvgIpc) is 3.11. The number of rotatable bonds is 2. The third-order valence-corrected chi connectivity index (χ3v) is 4.77. The first-order chi connectivity index (χ1) is 12.6. The van der Waals surface area contributed by atoms with Gasteiger partial charge < -0.3 is 21.0 Å². The lowest BCUT2D eigenvalue weighted by molar-refractivity contribution is -0.622. The molecular weight excluding hydrogens is 330 g/mol. The van der Waals surface area contributed by atoms with E-state index in [1.165, 1.54) is 0 Å². The van der Waals surface area contributed by atoms with Gasteiger partial charge in [-0.05, 0) is 24.6 Å². The molecule has 3 aromatic rings. The Balaban J connectivity index is 1.94. The monoisotopic (exact) mass is 347 g/mol. The molecule has 2 heterocycles. The van der Waals surface area contributed by atoms with Crippen LogP contribution in [0.3, 0.4) is 0 Å². The Hall–Kier alpha value is -3.37. The lowest BCUT2D eigenvalue weighted by Gasteiger charge is -2.18. The van der Waals surface area contributed by atoms with E-state index in [1.807, 2.05) is 18.2 Å². The van der Waals surface area contributed by atoms with Gasteiger partial charge in [0, 0.05) is 37.0 Å². The summed E-state index contributed by atoms with van der Waals surface area (Å²) in [7, 11) is 0. The summed E-state index contributed by atoms with van der Waals surface area (Å²) >= 11 is 0. The number of aromatic nitrogens is 2. The highest BCUT2D eigenvalue weighted by Gasteiger charge is 2.30. The smallest absolute Gasteiger partial charge is 0.369 e. The summed E-state index contributed by atoms with van der Waals surface area (Å²) in [5.41, 5.74) is 7.56. The average molecular weight is 347 g/mol. The Kier molecular flexibility index (Phi) is 3.82. The zero-order chi connectivity index (χ0) is 18.3. The zero-order valence-electron chi connectivity index (χ0n) is 14.0. The third-order valence-electron chi connectivity index (χ3n) is 4.77. The third kappa shape index (κ3) is 2.48. The molecule has 4 rings (SSSR count). The molecular formula is C19H17N5O2. The van der Waals surface area contributed by atoms with E-state index < -0.39 is 0 Å². The van der Waals surface area contributed by atoms with Gasteiger partial charge >= 0.3 is 11.4 Å². The first kappa shape index (κ1) is 16.1. The van der Waals surface area contributed by atoms with Crippen LogP contribution in [-0.2, 0) is 0 Å². The van der Waals surface area contributed by atoms with Gasteiger partial charge in [0.15, 0.2) is 6.07 Å². The number of hydrogen-bond acceptors (Lipinski definition) is 5. The van der Waals surface area contributed by atoms with Crippen molar-refractivity contribution in [1.82, 2.24) is 0 Å². The highest BCUT2D eigenvalue weighted by molar-refractivity contribution is 5.76. The Labute approximate surface area is 150 Å². The van der Waals surface area contributed by atoms with E-state index in [9.17, 15) is 15.7 Å². The van der Waals surface area contributed by atoms with Crippen LogP contribution in [0.2, 0.25) is 0 Å². The summed E-state index contributed by atoms with van der Waals surface area (Å²) in [5.74, 6) is 0. The Morgan fingerprint density at radius 3 is 2.50 bits per heavy atom. The number of nitriles is 1. The fourth-order valence-corrected chi connectivity index (χ4v) is 3.45. The molecule has 0 radical (unpaired) electrons. The number of fused-ring (bicyclic) bond motifs is 1. The van der Waals surface area contributed by atoms with Gasteiger partial charge in [-0.15, -0.1) is 4.73 Å². The zero-order valence-corrected chi connectivity index (χ0v) is 14.0. The molecule has 26 heavy (non-hydrogen) atoms. The summed E-state index contributed by atoms with van der Waals surface area (Å²) in [5, 5.41) is 35.3. The summed E-state index contributed by atoms with van der Waals surface area (Å²) in [4.78, 5) is 2.08. The molecule has 0 amide bonds. The summed E-state index contributed by atoms with van der Waals surface area (Å²) < 4.78 is 1.21. The minimum Gasteiger partial charge on any atom is -0.617 e. The normalized spacial score (nSPS) is 16.8. The standard InChI is InChI=1S/C19H17N5O2/c20-11-18-19(13-4-2-1-3-5-13)24(26)16-7-6-15(10-17(16)23(18)25)22-9-8-14(21)12-22/h1-7,10,14H,8-9,12,21H2/t14-/m1/s1. The van der Waals surface area contributed by atoms with Crippen LogP contribution in [-0.4, -0.2) is 19.1 Å². The molecule has 0 aliphatic carbocycles. The lowest BCUT2D eigenvalue weighted by atomic mass is 10.1. The van der Waals surface area contributed by atoms with Crippen LogP contribution in [0.5, 0.6) is 0 Å². The second-order valence-corrected chi connectivity index (χ2v) is 6.43. The number of benzene rings is 2. The molecule has 0 saturated carbocycles. The Bertz CT molecular complexity index is 1030. The van der Waals surface area contributed by atoms with Crippen LogP contribution >= 0.6 is 0 Å². The van der Waals surface area contributed by atoms with Crippen molar-refractivity contribution in [3.63, 3.8) is 0 Å². The van der Waals surface area contributed by atoms with Gasteiger partial charge in [0.05, 0.1) is 5.56 Å². The Morgan fingerprint density at radius 2 is 1.85 bits per heavy atom. The Morgan fingerprint density at radius 1 is 1.08 bits per heavy atom. The van der Waals surface area contributed by atoms with Crippen LogP contribution in [0, 0.1) is 21.7 Å². The van der Waals surface area contributed by atoms with Crippen LogP contribution in [0.4, 0.5) is 5.69 Å². The van der Waals surface area contributed by atoms with E-state index >= 15 is 0 Å². The van der Waals surface area contributed by atoms with Crippen molar-refractivity contribution in [2.45, 2.75) is 12.5 Å². The first-order valence-corrected chi connectivity index (χ1v) is 8.39.